The molecule has 2 N–H and O–H groups in total. The molecule has 4 nitrogen and oxygen atoms in total. The minimum Gasteiger partial charge on any atom is -0.454 e. The quantitative estimate of drug-likeness (QED) is 0.873. The van der Waals surface area contributed by atoms with Crippen LogP contribution in [-0.4, -0.2) is 24.5 Å². The van der Waals surface area contributed by atoms with E-state index in [4.69, 9.17) is 9.47 Å². The first-order valence-corrected chi connectivity index (χ1v) is 7.08. The molecular formula is C15H21NO3. The molecular weight excluding hydrogens is 242 g/mol. The highest BCUT2D eigenvalue weighted by molar-refractivity contribution is 5.44. The molecule has 1 aromatic carbocycles. The third-order valence-electron chi connectivity index (χ3n) is 3.95. The zero-order chi connectivity index (χ0) is 13.1. The maximum Gasteiger partial charge on any atom is 0.231 e. The van der Waals surface area contributed by atoms with Crippen LogP contribution in [0.15, 0.2) is 18.2 Å². The van der Waals surface area contributed by atoms with Gasteiger partial charge in [0.15, 0.2) is 11.5 Å². The maximum absolute atomic E-state index is 9.64. The lowest BCUT2D eigenvalue weighted by Gasteiger charge is -2.26. The molecule has 1 aliphatic heterocycles. The normalized spacial score (nSPS) is 25.5. The molecule has 104 valence electrons. The number of hydrogen-bond acceptors (Lipinski definition) is 4. The van der Waals surface area contributed by atoms with Gasteiger partial charge in [-0.05, 0) is 49.4 Å². The molecule has 0 spiro atoms. The van der Waals surface area contributed by atoms with Crippen molar-refractivity contribution in [3.63, 3.8) is 0 Å². The standard InChI is InChI=1S/C15H21NO3/c17-13-3-1-2-11(6-13)8-16-9-12-4-5-14-15(7-12)19-10-18-14/h4-5,7,11,13,16-17H,1-3,6,8-10H2. The summed E-state index contributed by atoms with van der Waals surface area (Å²) >= 11 is 0. The Morgan fingerprint density at radius 1 is 1.21 bits per heavy atom. The zero-order valence-electron chi connectivity index (χ0n) is 11.1. The SMILES string of the molecule is OC1CCCC(CNCc2ccc3c(c2)OCO3)C1. The number of ether oxygens (including phenoxy) is 2. The fraction of sp³-hybridized carbons (Fsp3) is 0.600. The first-order valence-electron chi connectivity index (χ1n) is 7.08. The molecule has 1 fully saturated rings. The topological polar surface area (TPSA) is 50.7 Å². The predicted octanol–water partition coefficient (Wildman–Crippen LogP) is 2.06. The Hall–Kier alpha value is -1.26. The van der Waals surface area contributed by atoms with Gasteiger partial charge in [0.05, 0.1) is 6.10 Å². The van der Waals surface area contributed by atoms with Crippen molar-refractivity contribution in [2.24, 2.45) is 5.92 Å². The molecule has 0 saturated heterocycles. The van der Waals surface area contributed by atoms with Gasteiger partial charge in [-0.25, -0.2) is 0 Å². The molecule has 1 saturated carbocycles. The van der Waals surface area contributed by atoms with Crippen molar-refractivity contribution < 1.29 is 14.6 Å². The van der Waals surface area contributed by atoms with Crippen LogP contribution in [0, 0.1) is 5.92 Å². The molecule has 0 radical (unpaired) electrons. The van der Waals surface area contributed by atoms with Gasteiger partial charge in [0.2, 0.25) is 6.79 Å². The molecule has 2 atom stereocenters. The lowest BCUT2D eigenvalue weighted by Crippen LogP contribution is -2.28. The maximum atomic E-state index is 9.64. The van der Waals surface area contributed by atoms with E-state index in [1.807, 2.05) is 12.1 Å². The van der Waals surface area contributed by atoms with Crippen LogP contribution in [0.1, 0.15) is 31.2 Å². The van der Waals surface area contributed by atoms with Crippen LogP contribution in [0.5, 0.6) is 11.5 Å². The summed E-state index contributed by atoms with van der Waals surface area (Å²) in [5.41, 5.74) is 1.21. The van der Waals surface area contributed by atoms with Crippen LogP contribution in [0.25, 0.3) is 0 Å². The largest absolute Gasteiger partial charge is 0.454 e. The first kappa shape index (κ1) is 12.8. The van der Waals surface area contributed by atoms with Crippen molar-refractivity contribution in [2.45, 2.75) is 38.3 Å². The Morgan fingerprint density at radius 3 is 3.00 bits per heavy atom. The van der Waals surface area contributed by atoms with Gasteiger partial charge < -0.3 is 19.9 Å². The van der Waals surface area contributed by atoms with Crippen molar-refractivity contribution in [3.8, 4) is 11.5 Å². The smallest absolute Gasteiger partial charge is 0.231 e. The average Bonchev–Trinajstić information content (AvgIpc) is 2.86. The molecule has 1 aromatic rings. The number of aliphatic hydroxyl groups excluding tert-OH is 1. The van der Waals surface area contributed by atoms with Gasteiger partial charge in [0.25, 0.3) is 0 Å². The second kappa shape index (κ2) is 5.80. The fourth-order valence-corrected chi connectivity index (χ4v) is 2.92. The minimum absolute atomic E-state index is 0.0916. The lowest BCUT2D eigenvalue weighted by molar-refractivity contribution is 0.101. The van der Waals surface area contributed by atoms with Crippen molar-refractivity contribution >= 4 is 0 Å². The van der Waals surface area contributed by atoms with Gasteiger partial charge in [0, 0.05) is 6.54 Å². The third kappa shape index (κ3) is 3.19. The zero-order valence-corrected chi connectivity index (χ0v) is 11.1. The summed E-state index contributed by atoms with van der Waals surface area (Å²) in [4.78, 5) is 0. The lowest BCUT2D eigenvalue weighted by atomic mass is 9.87. The molecule has 1 aliphatic carbocycles. The van der Waals surface area contributed by atoms with E-state index >= 15 is 0 Å². The molecule has 19 heavy (non-hydrogen) atoms. The van der Waals surface area contributed by atoms with E-state index in [0.29, 0.717) is 12.7 Å². The van der Waals surface area contributed by atoms with E-state index < -0.39 is 0 Å². The second-order valence-electron chi connectivity index (χ2n) is 5.50. The monoisotopic (exact) mass is 263 g/mol. The van der Waals surface area contributed by atoms with Gasteiger partial charge >= 0.3 is 0 Å². The van der Waals surface area contributed by atoms with E-state index in [-0.39, 0.29) is 6.10 Å². The predicted molar refractivity (Wildman–Crippen MR) is 72.2 cm³/mol. The summed E-state index contributed by atoms with van der Waals surface area (Å²) in [6, 6.07) is 6.06. The van der Waals surface area contributed by atoms with Gasteiger partial charge in [0.1, 0.15) is 0 Å². The van der Waals surface area contributed by atoms with Gasteiger partial charge in [-0.2, -0.15) is 0 Å². The summed E-state index contributed by atoms with van der Waals surface area (Å²) < 4.78 is 10.7. The molecule has 0 aromatic heterocycles. The van der Waals surface area contributed by atoms with Crippen molar-refractivity contribution in [2.75, 3.05) is 13.3 Å². The van der Waals surface area contributed by atoms with Crippen molar-refractivity contribution in [1.29, 1.82) is 0 Å². The summed E-state index contributed by atoms with van der Waals surface area (Å²) in [5, 5.41) is 13.1. The Balaban J connectivity index is 1.47. The summed E-state index contributed by atoms with van der Waals surface area (Å²) in [6.07, 6.45) is 4.20. The Kier molecular flexibility index (Phi) is 3.89. The fourth-order valence-electron chi connectivity index (χ4n) is 2.92. The molecule has 4 heteroatoms. The van der Waals surface area contributed by atoms with E-state index in [1.54, 1.807) is 0 Å². The minimum atomic E-state index is -0.0916. The Labute approximate surface area is 113 Å². The average molecular weight is 263 g/mol. The number of aliphatic hydroxyl groups is 1. The number of nitrogens with one attached hydrogen (secondary N) is 1. The second-order valence-corrected chi connectivity index (χ2v) is 5.50. The number of hydrogen-bond donors (Lipinski definition) is 2. The summed E-state index contributed by atoms with van der Waals surface area (Å²) in [7, 11) is 0. The molecule has 0 bridgehead atoms. The van der Waals surface area contributed by atoms with E-state index in [9.17, 15) is 5.11 Å². The third-order valence-corrected chi connectivity index (χ3v) is 3.95. The van der Waals surface area contributed by atoms with Crippen LogP contribution in [0.3, 0.4) is 0 Å². The van der Waals surface area contributed by atoms with Crippen LogP contribution in [0.2, 0.25) is 0 Å². The Bertz CT molecular complexity index is 435. The van der Waals surface area contributed by atoms with Crippen molar-refractivity contribution in [1.82, 2.24) is 5.32 Å². The van der Waals surface area contributed by atoms with Gasteiger partial charge in [-0.3, -0.25) is 0 Å². The van der Waals surface area contributed by atoms with E-state index in [1.165, 1.54) is 12.0 Å². The molecule has 2 aliphatic rings. The molecule has 2 unspecified atom stereocenters. The highest BCUT2D eigenvalue weighted by atomic mass is 16.7. The molecule has 1 heterocycles. The van der Waals surface area contributed by atoms with Crippen LogP contribution < -0.4 is 14.8 Å². The number of fused-ring (bicyclic) bond motifs is 1. The van der Waals surface area contributed by atoms with Crippen LogP contribution in [0.4, 0.5) is 0 Å². The summed E-state index contributed by atoms with van der Waals surface area (Å²) in [6.45, 7) is 2.14. The number of benzene rings is 1. The molecule has 0 amide bonds. The van der Waals surface area contributed by atoms with E-state index in [0.717, 1.165) is 43.9 Å². The first-order chi connectivity index (χ1) is 9.31. The highest BCUT2D eigenvalue weighted by Crippen LogP contribution is 2.32. The van der Waals surface area contributed by atoms with Crippen LogP contribution in [-0.2, 0) is 6.54 Å². The number of rotatable bonds is 4. The van der Waals surface area contributed by atoms with Gasteiger partial charge in [-0.1, -0.05) is 12.5 Å². The van der Waals surface area contributed by atoms with Crippen molar-refractivity contribution in [3.05, 3.63) is 23.8 Å². The van der Waals surface area contributed by atoms with E-state index in [2.05, 4.69) is 11.4 Å². The van der Waals surface area contributed by atoms with Gasteiger partial charge in [-0.15, -0.1) is 0 Å². The molecule has 3 rings (SSSR count). The summed E-state index contributed by atoms with van der Waals surface area (Å²) in [5.74, 6) is 2.28. The van der Waals surface area contributed by atoms with Crippen LogP contribution >= 0.6 is 0 Å². The highest BCUT2D eigenvalue weighted by Gasteiger charge is 2.19. The Morgan fingerprint density at radius 2 is 2.11 bits per heavy atom.